The fourth-order valence-corrected chi connectivity index (χ4v) is 2.73. The molecule has 1 saturated carbocycles. The van der Waals surface area contributed by atoms with Crippen molar-refractivity contribution >= 4 is 11.6 Å². The van der Waals surface area contributed by atoms with Crippen LogP contribution in [0.25, 0.3) is 0 Å². The Morgan fingerprint density at radius 2 is 2.11 bits per heavy atom. The Morgan fingerprint density at radius 1 is 1.37 bits per heavy atom. The zero-order valence-electron chi connectivity index (χ0n) is 11.8. The zero-order valence-corrected chi connectivity index (χ0v) is 12.5. The molecule has 3 heteroatoms. The van der Waals surface area contributed by atoms with Gasteiger partial charge in [-0.2, -0.15) is 0 Å². The standard InChI is InChI=1S/C16H23ClFN/c1-11(2)7-12(10-19-15-4-5-15)8-13-9-14(18)3-6-16(13)17/h3,6,9,11-12,15,19H,4-5,7-8,10H2,1-2H3. The van der Waals surface area contributed by atoms with Gasteiger partial charge in [0.05, 0.1) is 0 Å². The second kappa shape index (κ2) is 6.71. The minimum absolute atomic E-state index is 0.196. The molecule has 1 nitrogen and oxygen atoms in total. The summed E-state index contributed by atoms with van der Waals surface area (Å²) in [6, 6.07) is 5.38. The lowest BCUT2D eigenvalue weighted by atomic mass is 9.90. The van der Waals surface area contributed by atoms with Crippen LogP contribution in [-0.4, -0.2) is 12.6 Å². The van der Waals surface area contributed by atoms with E-state index in [1.54, 1.807) is 12.1 Å². The maximum atomic E-state index is 13.3. The molecule has 1 fully saturated rings. The lowest BCUT2D eigenvalue weighted by molar-refractivity contribution is 0.383. The van der Waals surface area contributed by atoms with Gasteiger partial charge in [0, 0.05) is 11.1 Å². The highest BCUT2D eigenvalue weighted by Gasteiger charge is 2.22. The molecule has 1 unspecified atom stereocenters. The number of hydrogen-bond acceptors (Lipinski definition) is 1. The highest BCUT2D eigenvalue weighted by Crippen LogP contribution is 2.25. The molecule has 0 aromatic heterocycles. The van der Waals surface area contributed by atoms with Crippen molar-refractivity contribution in [1.82, 2.24) is 5.32 Å². The van der Waals surface area contributed by atoms with Crippen molar-refractivity contribution < 1.29 is 4.39 Å². The lowest BCUT2D eigenvalue weighted by Crippen LogP contribution is -2.27. The second-order valence-corrected chi connectivity index (χ2v) is 6.53. The number of halogens is 2. The van der Waals surface area contributed by atoms with E-state index in [0.29, 0.717) is 16.9 Å². The van der Waals surface area contributed by atoms with E-state index in [1.165, 1.54) is 18.9 Å². The summed E-state index contributed by atoms with van der Waals surface area (Å²) < 4.78 is 13.3. The molecule has 0 saturated heterocycles. The number of hydrogen-bond donors (Lipinski definition) is 1. The summed E-state index contributed by atoms with van der Waals surface area (Å²) in [6.07, 6.45) is 4.60. The average Bonchev–Trinajstić information content (AvgIpc) is 3.14. The molecule has 1 aromatic carbocycles. The molecule has 0 amide bonds. The Hall–Kier alpha value is -0.600. The van der Waals surface area contributed by atoms with Gasteiger partial charge in [0.2, 0.25) is 0 Å². The van der Waals surface area contributed by atoms with Crippen LogP contribution in [0.15, 0.2) is 18.2 Å². The predicted molar refractivity (Wildman–Crippen MR) is 79.1 cm³/mol. The van der Waals surface area contributed by atoms with Gasteiger partial charge in [0.1, 0.15) is 5.82 Å². The molecule has 0 heterocycles. The van der Waals surface area contributed by atoms with Crippen molar-refractivity contribution in [3.63, 3.8) is 0 Å². The minimum atomic E-state index is -0.196. The zero-order chi connectivity index (χ0) is 13.8. The van der Waals surface area contributed by atoms with E-state index in [0.717, 1.165) is 31.0 Å². The van der Waals surface area contributed by atoms with E-state index in [1.807, 2.05) is 0 Å². The fourth-order valence-electron chi connectivity index (χ4n) is 2.54. The Labute approximate surface area is 120 Å². The van der Waals surface area contributed by atoms with Gasteiger partial charge >= 0.3 is 0 Å². The molecular weight excluding hydrogens is 261 g/mol. The highest BCUT2D eigenvalue weighted by molar-refractivity contribution is 6.31. The minimum Gasteiger partial charge on any atom is -0.314 e. The molecule has 0 bridgehead atoms. The van der Waals surface area contributed by atoms with Crippen LogP contribution >= 0.6 is 11.6 Å². The van der Waals surface area contributed by atoms with Gasteiger partial charge in [0.25, 0.3) is 0 Å². The Kier molecular flexibility index (Phi) is 5.23. The van der Waals surface area contributed by atoms with E-state index < -0.39 is 0 Å². The first-order chi connectivity index (χ1) is 9.04. The summed E-state index contributed by atoms with van der Waals surface area (Å²) in [4.78, 5) is 0. The summed E-state index contributed by atoms with van der Waals surface area (Å²) >= 11 is 6.16. The maximum Gasteiger partial charge on any atom is 0.123 e. The molecule has 1 N–H and O–H groups in total. The summed E-state index contributed by atoms with van der Waals surface area (Å²) in [6.45, 7) is 5.48. The van der Waals surface area contributed by atoms with Crippen molar-refractivity contribution in [3.05, 3.63) is 34.6 Å². The third-order valence-electron chi connectivity index (χ3n) is 3.59. The fraction of sp³-hybridized carbons (Fsp3) is 0.625. The summed E-state index contributed by atoms with van der Waals surface area (Å²) in [5, 5.41) is 4.26. The molecule has 1 aromatic rings. The summed E-state index contributed by atoms with van der Waals surface area (Å²) in [5.41, 5.74) is 0.935. The molecule has 19 heavy (non-hydrogen) atoms. The van der Waals surface area contributed by atoms with Crippen LogP contribution in [0.4, 0.5) is 4.39 Å². The van der Waals surface area contributed by atoms with Crippen LogP contribution in [-0.2, 0) is 6.42 Å². The molecule has 0 spiro atoms. The van der Waals surface area contributed by atoms with Crippen LogP contribution in [0.5, 0.6) is 0 Å². The van der Waals surface area contributed by atoms with Crippen LogP contribution in [0.2, 0.25) is 5.02 Å². The first-order valence-electron chi connectivity index (χ1n) is 7.22. The molecule has 2 rings (SSSR count). The van der Waals surface area contributed by atoms with Crippen LogP contribution in [0.1, 0.15) is 38.7 Å². The van der Waals surface area contributed by atoms with Gasteiger partial charge in [0.15, 0.2) is 0 Å². The van der Waals surface area contributed by atoms with Crippen LogP contribution in [0, 0.1) is 17.7 Å². The molecule has 1 atom stereocenters. The SMILES string of the molecule is CC(C)CC(CNC1CC1)Cc1cc(F)ccc1Cl. The average molecular weight is 284 g/mol. The highest BCUT2D eigenvalue weighted by atomic mass is 35.5. The van der Waals surface area contributed by atoms with E-state index in [-0.39, 0.29) is 5.82 Å². The van der Waals surface area contributed by atoms with E-state index in [2.05, 4.69) is 19.2 Å². The summed E-state index contributed by atoms with van der Waals surface area (Å²) in [7, 11) is 0. The van der Waals surface area contributed by atoms with E-state index in [4.69, 9.17) is 11.6 Å². The topological polar surface area (TPSA) is 12.0 Å². The Balaban J connectivity index is 1.97. The normalized spacial score (nSPS) is 16.9. The van der Waals surface area contributed by atoms with E-state index in [9.17, 15) is 4.39 Å². The molecule has 0 radical (unpaired) electrons. The largest absolute Gasteiger partial charge is 0.314 e. The van der Waals surface area contributed by atoms with Crippen molar-refractivity contribution in [3.8, 4) is 0 Å². The van der Waals surface area contributed by atoms with Crippen LogP contribution < -0.4 is 5.32 Å². The third-order valence-corrected chi connectivity index (χ3v) is 3.96. The number of nitrogens with one attached hydrogen (secondary N) is 1. The Morgan fingerprint density at radius 3 is 2.74 bits per heavy atom. The van der Waals surface area contributed by atoms with Gasteiger partial charge in [-0.1, -0.05) is 25.4 Å². The van der Waals surface area contributed by atoms with Crippen molar-refractivity contribution in [2.75, 3.05) is 6.54 Å². The molecule has 1 aliphatic rings. The number of benzene rings is 1. The maximum absolute atomic E-state index is 13.3. The first kappa shape index (κ1) is 14.8. The molecule has 1 aliphatic carbocycles. The molecule has 0 aliphatic heterocycles. The van der Waals surface area contributed by atoms with Gasteiger partial charge < -0.3 is 5.32 Å². The van der Waals surface area contributed by atoms with Gasteiger partial charge in [-0.25, -0.2) is 4.39 Å². The van der Waals surface area contributed by atoms with Crippen molar-refractivity contribution in [1.29, 1.82) is 0 Å². The summed E-state index contributed by atoms with van der Waals surface area (Å²) in [5.74, 6) is 0.982. The lowest BCUT2D eigenvalue weighted by Gasteiger charge is -2.20. The van der Waals surface area contributed by atoms with Gasteiger partial charge in [-0.05, 0) is 67.8 Å². The van der Waals surface area contributed by atoms with Crippen LogP contribution in [0.3, 0.4) is 0 Å². The van der Waals surface area contributed by atoms with Crippen molar-refractivity contribution in [2.45, 2.75) is 45.6 Å². The number of rotatable bonds is 7. The quantitative estimate of drug-likeness (QED) is 0.780. The van der Waals surface area contributed by atoms with Gasteiger partial charge in [-0.15, -0.1) is 0 Å². The molecular formula is C16H23ClFN. The third kappa shape index (κ3) is 5.12. The second-order valence-electron chi connectivity index (χ2n) is 6.12. The van der Waals surface area contributed by atoms with Gasteiger partial charge in [-0.3, -0.25) is 0 Å². The van der Waals surface area contributed by atoms with Crippen molar-refractivity contribution in [2.24, 2.45) is 11.8 Å². The Bertz CT molecular complexity index is 415. The monoisotopic (exact) mass is 283 g/mol. The first-order valence-corrected chi connectivity index (χ1v) is 7.59. The van der Waals surface area contributed by atoms with E-state index >= 15 is 0 Å². The molecule has 106 valence electrons. The smallest absolute Gasteiger partial charge is 0.123 e. The predicted octanol–water partition coefficient (Wildman–Crippen LogP) is 4.44.